The number of carbonyl (C=O) groups is 1. The van der Waals surface area contributed by atoms with E-state index in [1.165, 1.54) is 6.07 Å². The SMILES string of the molecule is O=C(c1cc(Br)ccc1O)N1CCC(Br)C1. The second-order valence-electron chi connectivity index (χ2n) is 3.80. The molecule has 1 aromatic carbocycles. The van der Waals surface area contributed by atoms with Crippen LogP contribution in [-0.2, 0) is 0 Å². The molecule has 0 aromatic heterocycles. The van der Waals surface area contributed by atoms with Gasteiger partial charge in [-0.1, -0.05) is 31.9 Å². The summed E-state index contributed by atoms with van der Waals surface area (Å²) < 4.78 is 0.795. The maximum absolute atomic E-state index is 12.1. The first kappa shape index (κ1) is 11.9. The number of halogens is 2. The Morgan fingerprint density at radius 3 is 2.88 bits per heavy atom. The molecule has 1 amide bonds. The Labute approximate surface area is 111 Å². The van der Waals surface area contributed by atoms with Crippen LogP contribution in [0, 0.1) is 0 Å². The molecule has 1 fully saturated rings. The maximum atomic E-state index is 12.1. The van der Waals surface area contributed by atoms with Crippen molar-refractivity contribution in [1.29, 1.82) is 0 Å². The Hall–Kier alpha value is -0.550. The summed E-state index contributed by atoms with van der Waals surface area (Å²) in [7, 11) is 0. The highest BCUT2D eigenvalue weighted by Gasteiger charge is 2.26. The monoisotopic (exact) mass is 347 g/mol. The molecule has 1 unspecified atom stereocenters. The molecule has 1 aliphatic heterocycles. The Kier molecular flexibility index (Phi) is 3.54. The van der Waals surface area contributed by atoms with Gasteiger partial charge in [-0.15, -0.1) is 0 Å². The van der Waals surface area contributed by atoms with Crippen molar-refractivity contribution in [2.45, 2.75) is 11.2 Å². The number of benzene rings is 1. The van der Waals surface area contributed by atoms with E-state index < -0.39 is 0 Å². The summed E-state index contributed by atoms with van der Waals surface area (Å²) in [5, 5.41) is 9.65. The second-order valence-corrected chi connectivity index (χ2v) is 6.01. The number of hydrogen-bond donors (Lipinski definition) is 1. The van der Waals surface area contributed by atoms with Gasteiger partial charge in [-0.25, -0.2) is 0 Å². The van der Waals surface area contributed by atoms with Gasteiger partial charge in [-0.3, -0.25) is 4.79 Å². The van der Waals surface area contributed by atoms with Crippen LogP contribution in [-0.4, -0.2) is 33.8 Å². The van der Waals surface area contributed by atoms with Crippen LogP contribution in [0.25, 0.3) is 0 Å². The minimum atomic E-state index is -0.110. The van der Waals surface area contributed by atoms with E-state index in [9.17, 15) is 9.90 Å². The topological polar surface area (TPSA) is 40.5 Å². The fourth-order valence-electron chi connectivity index (χ4n) is 1.75. The fraction of sp³-hybridized carbons (Fsp3) is 0.364. The molecule has 1 N–H and O–H groups in total. The lowest BCUT2D eigenvalue weighted by atomic mass is 10.2. The Balaban J connectivity index is 2.23. The summed E-state index contributed by atoms with van der Waals surface area (Å²) >= 11 is 6.78. The van der Waals surface area contributed by atoms with E-state index in [-0.39, 0.29) is 11.7 Å². The Morgan fingerprint density at radius 2 is 2.25 bits per heavy atom. The van der Waals surface area contributed by atoms with Gasteiger partial charge in [0.1, 0.15) is 5.75 Å². The first-order valence-corrected chi connectivity index (χ1v) is 6.70. The highest BCUT2D eigenvalue weighted by Crippen LogP contribution is 2.26. The molecule has 16 heavy (non-hydrogen) atoms. The van der Waals surface area contributed by atoms with Crippen molar-refractivity contribution in [2.24, 2.45) is 0 Å². The summed E-state index contributed by atoms with van der Waals surface area (Å²) in [5.74, 6) is -0.0769. The second kappa shape index (κ2) is 4.75. The molecule has 2 rings (SSSR count). The van der Waals surface area contributed by atoms with Gasteiger partial charge in [-0.05, 0) is 24.6 Å². The minimum Gasteiger partial charge on any atom is -0.507 e. The minimum absolute atomic E-state index is 0.0335. The Morgan fingerprint density at radius 1 is 1.50 bits per heavy atom. The van der Waals surface area contributed by atoms with Crippen molar-refractivity contribution >= 4 is 37.8 Å². The van der Waals surface area contributed by atoms with Gasteiger partial charge in [0.2, 0.25) is 0 Å². The van der Waals surface area contributed by atoms with Crippen LogP contribution in [0.4, 0.5) is 0 Å². The third-order valence-corrected chi connectivity index (χ3v) is 3.85. The molecule has 5 heteroatoms. The van der Waals surface area contributed by atoms with Crippen LogP contribution in [0.15, 0.2) is 22.7 Å². The predicted molar refractivity (Wildman–Crippen MR) is 69.0 cm³/mol. The van der Waals surface area contributed by atoms with Crippen molar-refractivity contribution in [2.75, 3.05) is 13.1 Å². The van der Waals surface area contributed by atoms with Gasteiger partial charge in [0.25, 0.3) is 5.91 Å². The number of phenolic OH excluding ortho intramolecular Hbond substituents is 1. The standard InChI is InChI=1S/C11H11Br2NO2/c12-7-1-2-10(15)9(5-7)11(16)14-4-3-8(13)6-14/h1-2,5,8,15H,3-4,6H2. The lowest BCUT2D eigenvalue weighted by molar-refractivity contribution is 0.0790. The van der Waals surface area contributed by atoms with E-state index in [1.807, 2.05) is 0 Å². The Bertz CT molecular complexity index is 422. The first-order valence-electron chi connectivity index (χ1n) is 5.00. The highest BCUT2D eigenvalue weighted by atomic mass is 79.9. The smallest absolute Gasteiger partial charge is 0.257 e. The van der Waals surface area contributed by atoms with E-state index in [4.69, 9.17) is 0 Å². The summed E-state index contributed by atoms with van der Waals surface area (Å²) in [5.41, 5.74) is 0.357. The molecule has 3 nitrogen and oxygen atoms in total. The van der Waals surface area contributed by atoms with Crippen LogP contribution in [0.5, 0.6) is 5.75 Å². The third kappa shape index (κ3) is 2.40. The number of amides is 1. The zero-order chi connectivity index (χ0) is 11.7. The highest BCUT2D eigenvalue weighted by molar-refractivity contribution is 9.10. The van der Waals surface area contributed by atoms with Gasteiger partial charge >= 0.3 is 0 Å². The quantitative estimate of drug-likeness (QED) is 0.793. The molecule has 1 aromatic rings. The third-order valence-electron chi connectivity index (χ3n) is 2.61. The molecule has 1 heterocycles. The van der Waals surface area contributed by atoms with Crippen LogP contribution in [0.2, 0.25) is 0 Å². The molecule has 86 valence electrons. The number of hydrogen-bond acceptors (Lipinski definition) is 2. The van der Waals surface area contributed by atoms with E-state index >= 15 is 0 Å². The van der Waals surface area contributed by atoms with E-state index in [2.05, 4.69) is 31.9 Å². The molecule has 1 aliphatic rings. The zero-order valence-corrected chi connectivity index (χ0v) is 11.7. The lowest BCUT2D eigenvalue weighted by Crippen LogP contribution is -2.28. The van der Waals surface area contributed by atoms with Gasteiger partial charge < -0.3 is 10.0 Å². The van der Waals surface area contributed by atoms with Crippen molar-refractivity contribution < 1.29 is 9.90 Å². The van der Waals surface area contributed by atoms with Gasteiger partial charge in [-0.2, -0.15) is 0 Å². The normalized spacial score (nSPS) is 20.1. The predicted octanol–water partition coefficient (Wildman–Crippen LogP) is 2.76. The van der Waals surface area contributed by atoms with Crippen molar-refractivity contribution in [3.63, 3.8) is 0 Å². The van der Waals surface area contributed by atoms with E-state index in [1.54, 1.807) is 17.0 Å². The molecule has 0 bridgehead atoms. The summed E-state index contributed by atoms with van der Waals surface area (Å²) in [4.78, 5) is 14.2. The zero-order valence-electron chi connectivity index (χ0n) is 8.49. The molecule has 1 atom stereocenters. The number of alkyl halides is 1. The molecule has 1 saturated heterocycles. The average molecular weight is 349 g/mol. The number of aromatic hydroxyl groups is 1. The van der Waals surface area contributed by atoms with Crippen molar-refractivity contribution in [3.05, 3.63) is 28.2 Å². The summed E-state index contributed by atoms with van der Waals surface area (Å²) in [6.07, 6.45) is 0.959. The van der Waals surface area contributed by atoms with Crippen molar-refractivity contribution in [3.8, 4) is 5.75 Å². The molecular weight excluding hydrogens is 338 g/mol. The largest absolute Gasteiger partial charge is 0.507 e. The van der Waals surface area contributed by atoms with E-state index in [0.717, 1.165) is 17.4 Å². The molecule has 0 radical (unpaired) electrons. The number of carbonyl (C=O) groups excluding carboxylic acids is 1. The number of nitrogens with zero attached hydrogens (tertiary/aromatic N) is 1. The molecule has 0 aliphatic carbocycles. The van der Waals surface area contributed by atoms with E-state index in [0.29, 0.717) is 16.9 Å². The van der Waals surface area contributed by atoms with Crippen LogP contribution in [0.1, 0.15) is 16.8 Å². The first-order chi connectivity index (χ1) is 7.58. The fourth-order valence-corrected chi connectivity index (χ4v) is 2.67. The summed E-state index contributed by atoms with van der Waals surface area (Å²) in [6, 6.07) is 4.89. The lowest BCUT2D eigenvalue weighted by Gasteiger charge is -2.16. The number of rotatable bonds is 1. The number of phenols is 1. The van der Waals surface area contributed by atoms with Crippen LogP contribution < -0.4 is 0 Å². The molecule has 0 saturated carbocycles. The van der Waals surface area contributed by atoms with Crippen LogP contribution in [0.3, 0.4) is 0 Å². The maximum Gasteiger partial charge on any atom is 0.257 e. The van der Waals surface area contributed by atoms with Gasteiger partial charge in [0.15, 0.2) is 0 Å². The molecular formula is C11H11Br2NO2. The molecule has 0 spiro atoms. The van der Waals surface area contributed by atoms with Gasteiger partial charge in [0, 0.05) is 22.4 Å². The average Bonchev–Trinajstić information content (AvgIpc) is 2.67. The van der Waals surface area contributed by atoms with Crippen LogP contribution >= 0.6 is 31.9 Å². The van der Waals surface area contributed by atoms with Gasteiger partial charge in [0.05, 0.1) is 5.56 Å². The van der Waals surface area contributed by atoms with Crippen molar-refractivity contribution in [1.82, 2.24) is 4.90 Å². The number of likely N-dealkylation sites (tertiary alicyclic amines) is 1. The summed E-state index contributed by atoms with van der Waals surface area (Å²) in [6.45, 7) is 1.44.